The number of rotatable bonds is 2. The minimum Gasteiger partial charge on any atom is -0.478 e. The van der Waals surface area contributed by atoms with E-state index in [1.165, 1.54) is 0 Å². The molecule has 3 N–H and O–H groups in total. The molecule has 0 aromatic heterocycles. The van der Waals surface area contributed by atoms with Crippen LogP contribution in [0.25, 0.3) is 0 Å². The smallest absolute Gasteiger partial charge is 0.335 e. The first-order chi connectivity index (χ1) is 8.46. The predicted octanol–water partition coefficient (Wildman–Crippen LogP) is 1.78. The van der Waals surface area contributed by atoms with E-state index in [0.717, 1.165) is 18.8 Å². The van der Waals surface area contributed by atoms with Gasteiger partial charge in [0, 0.05) is 24.2 Å². The highest BCUT2D eigenvalue weighted by molar-refractivity contribution is 5.96. The third-order valence-electron chi connectivity index (χ3n) is 2.77. The van der Waals surface area contributed by atoms with E-state index in [1.807, 2.05) is 6.07 Å². The first-order valence-electron chi connectivity index (χ1n) is 5.85. The number of carboxylic acid groups (broad SMARTS) is 1. The summed E-state index contributed by atoms with van der Waals surface area (Å²) in [5.41, 5.74) is 1.14. The highest BCUT2D eigenvalue weighted by Gasteiger charge is 2.22. The predicted molar refractivity (Wildman–Crippen MR) is 71.1 cm³/mol. The summed E-state index contributed by atoms with van der Waals surface area (Å²) >= 11 is 0. The van der Waals surface area contributed by atoms with Crippen molar-refractivity contribution in [3.8, 4) is 0 Å². The van der Waals surface area contributed by atoms with Gasteiger partial charge in [-0.25, -0.2) is 4.79 Å². The maximum atomic E-state index is 10.9. The lowest BCUT2D eigenvalue weighted by Crippen LogP contribution is -2.44. The monoisotopic (exact) mass is 247 g/mol. The number of aliphatic imine (C=N–C) groups is 1. The molecule has 2 rings (SSSR count). The number of hydrogen-bond acceptors (Lipinski definition) is 4. The van der Waals surface area contributed by atoms with Crippen molar-refractivity contribution in [3.63, 3.8) is 0 Å². The molecule has 0 atom stereocenters. The molecule has 1 aromatic carbocycles. The zero-order chi connectivity index (χ0) is 13.2. The fourth-order valence-corrected chi connectivity index (χ4v) is 1.68. The molecule has 18 heavy (non-hydrogen) atoms. The van der Waals surface area contributed by atoms with E-state index < -0.39 is 5.97 Å². The molecule has 0 radical (unpaired) electrons. The molecule has 5 nitrogen and oxygen atoms in total. The Balaban J connectivity index is 2.08. The Morgan fingerprint density at radius 3 is 2.89 bits per heavy atom. The summed E-state index contributed by atoms with van der Waals surface area (Å²) in [5.74, 6) is -0.241. The molecule has 5 heteroatoms. The van der Waals surface area contributed by atoms with Gasteiger partial charge in [-0.3, -0.25) is 4.99 Å². The SMILES string of the molecule is CC1(C)CN=C(Nc2cccc(C(=O)O)c2)NC1. The molecule has 0 amide bonds. The molecule has 0 saturated heterocycles. The molecule has 0 spiro atoms. The van der Waals surface area contributed by atoms with E-state index in [0.29, 0.717) is 5.96 Å². The van der Waals surface area contributed by atoms with Crippen molar-refractivity contribution in [3.05, 3.63) is 29.8 Å². The topological polar surface area (TPSA) is 73.7 Å². The first kappa shape index (κ1) is 12.4. The number of benzene rings is 1. The van der Waals surface area contributed by atoms with Gasteiger partial charge in [0.2, 0.25) is 0 Å². The summed E-state index contributed by atoms with van der Waals surface area (Å²) in [7, 11) is 0. The second-order valence-electron chi connectivity index (χ2n) is 5.19. The summed E-state index contributed by atoms with van der Waals surface area (Å²) in [6.45, 7) is 5.88. The fourth-order valence-electron chi connectivity index (χ4n) is 1.68. The second-order valence-corrected chi connectivity index (χ2v) is 5.19. The molecule has 0 aliphatic carbocycles. The minimum atomic E-state index is -0.932. The second kappa shape index (κ2) is 4.68. The maximum absolute atomic E-state index is 10.9. The Hall–Kier alpha value is -2.04. The average Bonchev–Trinajstić information content (AvgIpc) is 2.32. The van der Waals surface area contributed by atoms with Gasteiger partial charge in [-0.15, -0.1) is 0 Å². The molecule has 0 fully saturated rings. The third kappa shape index (κ3) is 3.00. The Kier molecular flexibility index (Phi) is 3.23. The lowest BCUT2D eigenvalue weighted by molar-refractivity contribution is 0.0697. The van der Waals surface area contributed by atoms with Crippen LogP contribution in [0.3, 0.4) is 0 Å². The number of nitrogens with one attached hydrogen (secondary N) is 2. The van der Waals surface area contributed by atoms with Crippen LogP contribution in [0.15, 0.2) is 29.3 Å². The van der Waals surface area contributed by atoms with Gasteiger partial charge in [-0.2, -0.15) is 0 Å². The van der Waals surface area contributed by atoms with Crippen LogP contribution >= 0.6 is 0 Å². The van der Waals surface area contributed by atoms with E-state index >= 15 is 0 Å². The normalized spacial score (nSPS) is 17.6. The summed E-state index contributed by atoms with van der Waals surface area (Å²) in [4.78, 5) is 15.3. The lowest BCUT2D eigenvalue weighted by atomic mass is 9.93. The van der Waals surface area contributed by atoms with E-state index in [9.17, 15) is 4.79 Å². The molecule has 0 bridgehead atoms. The van der Waals surface area contributed by atoms with Gasteiger partial charge in [-0.05, 0) is 18.2 Å². The Morgan fingerprint density at radius 2 is 2.28 bits per heavy atom. The van der Waals surface area contributed by atoms with Crippen LogP contribution < -0.4 is 10.6 Å². The van der Waals surface area contributed by atoms with Gasteiger partial charge in [0.25, 0.3) is 0 Å². The van der Waals surface area contributed by atoms with Gasteiger partial charge in [0.15, 0.2) is 5.96 Å². The Bertz CT molecular complexity index is 495. The fraction of sp³-hybridized carbons (Fsp3) is 0.385. The Morgan fingerprint density at radius 1 is 1.50 bits per heavy atom. The summed E-state index contributed by atoms with van der Waals surface area (Å²) in [5, 5.41) is 15.2. The van der Waals surface area contributed by atoms with Crippen molar-refractivity contribution >= 4 is 17.6 Å². The van der Waals surface area contributed by atoms with Gasteiger partial charge in [0.1, 0.15) is 0 Å². The van der Waals surface area contributed by atoms with E-state index in [2.05, 4.69) is 29.5 Å². The number of carbonyl (C=O) groups is 1. The van der Waals surface area contributed by atoms with Gasteiger partial charge < -0.3 is 15.7 Å². The van der Waals surface area contributed by atoms with Gasteiger partial charge in [0.05, 0.1) is 5.56 Å². The van der Waals surface area contributed by atoms with Crippen molar-refractivity contribution in [2.75, 3.05) is 18.4 Å². The largest absolute Gasteiger partial charge is 0.478 e. The summed E-state index contributed by atoms with van der Waals surface area (Å²) < 4.78 is 0. The van der Waals surface area contributed by atoms with E-state index in [4.69, 9.17) is 5.11 Å². The van der Waals surface area contributed by atoms with Crippen molar-refractivity contribution in [1.29, 1.82) is 0 Å². The number of hydrogen-bond donors (Lipinski definition) is 3. The highest BCUT2D eigenvalue weighted by atomic mass is 16.4. The molecule has 96 valence electrons. The van der Waals surface area contributed by atoms with E-state index in [1.54, 1.807) is 18.2 Å². The number of nitrogens with zero attached hydrogens (tertiary/aromatic N) is 1. The molecule has 0 unspecified atom stereocenters. The van der Waals surface area contributed by atoms with Gasteiger partial charge >= 0.3 is 5.97 Å². The van der Waals surface area contributed by atoms with Crippen LogP contribution in [0.4, 0.5) is 5.69 Å². The average molecular weight is 247 g/mol. The van der Waals surface area contributed by atoms with Gasteiger partial charge in [-0.1, -0.05) is 19.9 Å². The summed E-state index contributed by atoms with van der Waals surface area (Å²) in [6, 6.07) is 6.68. The van der Waals surface area contributed by atoms with Crippen LogP contribution in [-0.2, 0) is 0 Å². The number of carboxylic acids is 1. The van der Waals surface area contributed by atoms with Crippen LogP contribution in [0, 0.1) is 5.41 Å². The van der Waals surface area contributed by atoms with Crippen LogP contribution in [-0.4, -0.2) is 30.1 Å². The molecular formula is C13H17N3O2. The zero-order valence-corrected chi connectivity index (χ0v) is 10.5. The first-order valence-corrected chi connectivity index (χ1v) is 5.85. The molecule has 1 aromatic rings. The number of aromatic carboxylic acids is 1. The van der Waals surface area contributed by atoms with Crippen LogP contribution in [0.2, 0.25) is 0 Å². The molecular weight excluding hydrogens is 230 g/mol. The quantitative estimate of drug-likeness (QED) is 0.744. The summed E-state index contributed by atoms with van der Waals surface area (Å²) in [6.07, 6.45) is 0. The maximum Gasteiger partial charge on any atom is 0.335 e. The van der Waals surface area contributed by atoms with Crippen molar-refractivity contribution < 1.29 is 9.90 Å². The lowest BCUT2D eigenvalue weighted by Gasteiger charge is -2.29. The van der Waals surface area contributed by atoms with Crippen molar-refractivity contribution in [1.82, 2.24) is 5.32 Å². The van der Waals surface area contributed by atoms with Crippen molar-refractivity contribution in [2.24, 2.45) is 10.4 Å². The third-order valence-corrected chi connectivity index (χ3v) is 2.77. The number of anilines is 1. The van der Waals surface area contributed by atoms with Crippen molar-refractivity contribution in [2.45, 2.75) is 13.8 Å². The minimum absolute atomic E-state index is 0.161. The Labute approximate surface area is 106 Å². The number of guanidine groups is 1. The molecule has 1 aliphatic heterocycles. The molecule has 1 aliphatic rings. The molecule has 1 heterocycles. The zero-order valence-electron chi connectivity index (χ0n) is 10.5. The van der Waals surface area contributed by atoms with Crippen LogP contribution in [0.5, 0.6) is 0 Å². The highest BCUT2D eigenvalue weighted by Crippen LogP contribution is 2.17. The van der Waals surface area contributed by atoms with E-state index in [-0.39, 0.29) is 11.0 Å². The molecule has 0 saturated carbocycles. The standard InChI is InChI=1S/C13H17N3O2/c1-13(2)7-14-12(15-8-13)16-10-5-3-4-9(6-10)11(17)18/h3-6H,7-8H2,1-2H3,(H,17,18)(H2,14,15,16). The van der Waals surface area contributed by atoms with Crippen LogP contribution in [0.1, 0.15) is 24.2 Å².